The fourth-order valence-electron chi connectivity index (χ4n) is 2.13. The van der Waals surface area contributed by atoms with Crippen molar-refractivity contribution < 1.29 is 4.79 Å². The van der Waals surface area contributed by atoms with Gasteiger partial charge in [-0.15, -0.1) is 0 Å². The van der Waals surface area contributed by atoms with Crippen LogP contribution in [-0.2, 0) is 24.3 Å². The van der Waals surface area contributed by atoms with Crippen molar-refractivity contribution in [3.8, 4) is 0 Å². The summed E-state index contributed by atoms with van der Waals surface area (Å²) in [5, 5.41) is 9.83. The van der Waals surface area contributed by atoms with Crippen LogP contribution in [0, 0.1) is 11.7 Å². The average molecular weight is 304 g/mol. The molecule has 2 rings (SSSR count). The Morgan fingerprint density at radius 1 is 1.43 bits per heavy atom. The molecule has 21 heavy (non-hydrogen) atoms. The number of rotatable bonds is 6. The van der Waals surface area contributed by atoms with E-state index in [0.717, 1.165) is 24.2 Å². The number of hydrogen-bond acceptors (Lipinski definition) is 3. The van der Waals surface area contributed by atoms with Gasteiger partial charge in [0.15, 0.2) is 4.77 Å². The average Bonchev–Trinajstić information content (AvgIpc) is 2.80. The van der Waals surface area contributed by atoms with E-state index in [1.165, 1.54) is 5.56 Å². The molecule has 0 spiro atoms. The summed E-state index contributed by atoms with van der Waals surface area (Å²) in [4.78, 5) is 12.1. The Morgan fingerprint density at radius 2 is 2.19 bits per heavy atom. The zero-order valence-electron chi connectivity index (χ0n) is 12.3. The molecule has 2 aromatic rings. The van der Waals surface area contributed by atoms with Crippen LogP contribution in [0.25, 0.3) is 0 Å². The maximum atomic E-state index is 12.1. The highest BCUT2D eigenvalue weighted by atomic mass is 32.1. The largest absolute Gasteiger partial charge is 0.350 e. The summed E-state index contributed by atoms with van der Waals surface area (Å²) in [6, 6.07) is 8.01. The van der Waals surface area contributed by atoms with Crippen LogP contribution in [-0.4, -0.2) is 20.7 Å². The van der Waals surface area contributed by atoms with Gasteiger partial charge in [0, 0.05) is 13.0 Å². The Labute approximate surface area is 129 Å². The topological polar surface area (TPSA) is 62.7 Å². The minimum Gasteiger partial charge on any atom is -0.350 e. The summed E-state index contributed by atoms with van der Waals surface area (Å²) in [6.07, 6.45) is 1.77. The van der Waals surface area contributed by atoms with Crippen molar-refractivity contribution in [2.45, 2.75) is 39.8 Å². The van der Waals surface area contributed by atoms with Crippen LogP contribution in [0.4, 0.5) is 0 Å². The first-order chi connectivity index (χ1) is 10.1. The summed E-state index contributed by atoms with van der Waals surface area (Å²) in [7, 11) is 0. The first-order valence-corrected chi connectivity index (χ1v) is 7.48. The molecule has 6 heteroatoms. The molecule has 1 aromatic heterocycles. The predicted octanol–water partition coefficient (Wildman–Crippen LogP) is 2.52. The Bertz CT molecular complexity index is 674. The van der Waals surface area contributed by atoms with Crippen LogP contribution in [0.1, 0.15) is 30.3 Å². The van der Waals surface area contributed by atoms with Crippen molar-refractivity contribution in [3.05, 3.63) is 46.0 Å². The summed E-state index contributed by atoms with van der Waals surface area (Å²) < 4.78 is 2.25. The van der Waals surface area contributed by atoms with E-state index in [0.29, 0.717) is 11.3 Å². The third kappa shape index (κ3) is 4.01. The number of aromatic amines is 1. The Morgan fingerprint density at radius 3 is 2.90 bits per heavy atom. The van der Waals surface area contributed by atoms with Crippen LogP contribution in [0.2, 0.25) is 0 Å². The number of aromatic nitrogens is 3. The standard InChI is InChI=1S/C15H20N4OS/c1-3-6-13-17-18-15(21)19(13)10-14(20)16-9-12-8-5-4-7-11(12)2/h4-5,7-8H,3,6,9-10H2,1-2H3,(H,16,20)(H,18,21). The van der Waals surface area contributed by atoms with Crippen molar-refractivity contribution in [3.63, 3.8) is 0 Å². The normalized spacial score (nSPS) is 10.6. The van der Waals surface area contributed by atoms with E-state index < -0.39 is 0 Å². The minimum atomic E-state index is -0.0619. The third-order valence-electron chi connectivity index (χ3n) is 3.35. The number of carbonyl (C=O) groups excluding carboxylic acids is 1. The lowest BCUT2D eigenvalue weighted by molar-refractivity contribution is -0.121. The fourth-order valence-corrected chi connectivity index (χ4v) is 2.35. The van der Waals surface area contributed by atoms with Gasteiger partial charge >= 0.3 is 0 Å². The molecule has 0 fully saturated rings. The van der Waals surface area contributed by atoms with Gasteiger partial charge < -0.3 is 5.32 Å². The molecule has 2 N–H and O–H groups in total. The first kappa shape index (κ1) is 15.4. The van der Waals surface area contributed by atoms with Gasteiger partial charge in [-0.1, -0.05) is 31.2 Å². The maximum absolute atomic E-state index is 12.1. The van der Waals surface area contributed by atoms with Gasteiger partial charge in [-0.25, -0.2) is 0 Å². The molecule has 0 atom stereocenters. The lowest BCUT2D eigenvalue weighted by Gasteiger charge is -2.09. The Balaban J connectivity index is 1.98. The summed E-state index contributed by atoms with van der Waals surface area (Å²) in [5.41, 5.74) is 2.29. The second-order valence-electron chi connectivity index (χ2n) is 4.98. The van der Waals surface area contributed by atoms with E-state index in [1.807, 2.05) is 31.2 Å². The first-order valence-electron chi connectivity index (χ1n) is 7.07. The molecule has 1 aromatic carbocycles. The molecule has 0 aliphatic carbocycles. The molecule has 0 unspecified atom stereocenters. The van der Waals surface area contributed by atoms with Gasteiger partial charge in [-0.2, -0.15) is 5.10 Å². The molecule has 112 valence electrons. The van der Waals surface area contributed by atoms with E-state index in [1.54, 1.807) is 4.57 Å². The van der Waals surface area contributed by atoms with E-state index in [9.17, 15) is 4.79 Å². The molecule has 0 saturated heterocycles. The lowest BCUT2D eigenvalue weighted by Crippen LogP contribution is -2.28. The molecular weight excluding hydrogens is 284 g/mol. The van der Waals surface area contributed by atoms with Gasteiger partial charge in [0.1, 0.15) is 12.4 Å². The van der Waals surface area contributed by atoms with Crippen molar-refractivity contribution in [2.24, 2.45) is 0 Å². The van der Waals surface area contributed by atoms with Gasteiger partial charge in [0.25, 0.3) is 0 Å². The lowest BCUT2D eigenvalue weighted by atomic mass is 10.1. The molecule has 0 aliphatic rings. The molecular formula is C15H20N4OS. The maximum Gasteiger partial charge on any atom is 0.240 e. The fraction of sp³-hybridized carbons (Fsp3) is 0.400. The van der Waals surface area contributed by atoms with Crippen LogP contribution >= 0.6 is 12.2 Å². The summed E-state index contributed by atoms with van der Waals surface area (Å²) in [6.45, 7) is 4.84. The minimum absolute atomic E-state index is 0.0619. The number of hydrogen-bond donors (Lipinski definition) is 2. The number of H-pyrrole nitrogens is 1. The smallest absolute Gasteiger partial charge is 0.240 e. The number of nitrogens with zero attached hydrogens (tertiary/aromatic N) is 2. The van der Waals surface area contributed by atoms with Crippen LogP contribution < -0.4 is 5.32 Å². The third-order valence-corrected chi connectivity index (χ3v) is 3.66. The van der Waals surface area contributed by atoms with Crippen LogP contribution in [0.3, 0.4) is 0 Å². The Kier molecular flexibility index (Phi) is 5.27. The predicted molar refractivity (Wildman–Crippen MR) is 84.4 cm³/mol. The number of benzene rings is 1. The zero-order valence-corrected chi connectivity index (χ0v) is 13.2. The molecule has 0 aliphatic heterocycles. The number of amides is 1. The highest BCUT2D eigenvalue weighted by Crippen LogP contribution is 2.06. The molecule has 0 bridgehead atoms. The molecule has 5 nitrogen and oxygen atoms in total. The van der Waals surface area contributed by atoms with Gasteiger partial charge in [0.05, 0.1) is 0 Å². The van der Waals surface area contributed by atoms with Crippen molar-refractivity contribution in [1.29, 1.82) is 0 Å². The van der Waals surface area contributed by atoms with E-state index in [4.69, 9.17) is 12.2 Å². The molecule has 0 radical (unpaired) electrons. The SMILES string of the molecule is CCCc1n[nH]c(=S)n1CC(=O)NCc1ccccc1C. The van der Waals surface area contributed by atoms with Gasteiger partial charge in [-0.3, -0.25) is 14.5 Å². The van der Waals surface area contributed by atoms with Crippen LogP contribution in [0.15, 0.2) is 24.3 Å². The van der Waals surface area contributed by atoms with Crippen molar-refractivity contribution in [1.82, 2.24) is 20.1 Å². The number of carbonyl (C=O) groups is 1. The van der Waals surface area contributed by atoms with E-state index in [-0.39, 0.29) is 12.5 Å². The van der Waals surface area contributed by atoms with Gasteiger partial charge in [0.2, 0.25) is 5.91 Å². The second-order valence-corrected chi connectivity index (χ2v) is 5.37. The number of nitrogens with one attached hydrogen (secondary N) is 2. The quantitative estimate of drug-likeness (QED) is 0.806. The molecule has 1 heterocycles. The highest BCUT2D eigenvalue weighted by molar-refractivity contribution is 7.71. The monoisotopic (exact) mass is 304 g/mol. The van der Waals surface area contributed by atoms with E-state index >= 15 is 0 Å². The molecule has 1 amide bonds. The second kappa shape index (κ2) is 7.17. The van der Waals surface area contributed by atoms with Crippen LogP contribution in [0.5, 0.6) is 0 Å². The Hall–Kier alpha value is -1.95. The summed E-state index contributed by atoms with van der Waals surface area (Å²) >= 11 is 5.17. The van der Waals surface area contributed by atoms with Crippen molar-refractivity contribution >= 4 is 18.1 Å². The zero-order chi connectivity index (χ0) is 15.2. The van der Waals surface area contributed by atoms with E-state index in [2.05, 4.69) is 22.4 Å². The number of aryl methyl sites for hydroxylation is 2. The highest BCUT2D eigenvalue weighted by Gasteiger charge is 2.10. The van der Waals surface area contributed by atoms with Crippen molar-refractivity contribution in [2.75, 3.05) is 0 Å². The van der Waals surface area contributed by atoms with Gasteiger partial charge in [-0.05, 0) is 36.7 Å². The summed E-state index contributed by atoms with van der Waals surface area (Å²) in [5.74, 6) is 0.765. The molecule has 0 saturated carbocycles.